The van der Waals surface area contributed by atoms with Gasteiger partial charge in [-0.2, -0.15) is 0 Å². The second-order valence-electron chi connectivity index (χ2n) is 8.10. The first-order valence-electron chi connectivity index (χ1n) is 10.9. The van der Waals surface area contributed by atoms with E-state index >= 15 is 0 Å². The summed E-state index contributed by atoms with van der Waals surface area (Å²) in [6.45, 7) is 0. The minimum absolute atomic E-state index is 0.388. The lowest BCUT2D eigenvalue weighted by molar-refractivity contribution is 0.617. The zero-order valence-electron chi connectivity index (χ0n) is 18.3. The van der Waals surface area contributed by atoms with Crippen molar-refractivity contribution < 1.29 is 8.63 Å². The fourth-order valence-corrected chi connectivity index (χ4v) is 4.65. The molecule has 5 rings (SSSR count). The van der Waals surface area contributed by atoms with Gasteiger partial charge in [0.2, 0.25) is 0 Å². The van der Waals surface area contributed by atoms with Crippen LogP contribution in [0.25, 0.3) is 22.3 Å². The number of rotatable bonds is 6. The van der Waals surface area contributed by atoms with Crippen molar-refractivity contribution in [2.45, 2.75) is 5.92 Å². The molecule has 0 spiro atoms. The fraction of sp³-hybridized carbons (Fsp3) is 0.0714. The molecule has 162 valence electrons. The molecule has 1 unspecified atom stereocenters. The van der Waals surface area contributed by atoms with E-state index in [0.717, 1.165) is 38.0 Å². The summed E-state index contributed by atoms with van der Waals surface area (Å²) in [5, 5.41) is 0. The van der Waals surface area contributed by atoms with Crippen molar-refractivity contribution in [3.8, 4) is 22.3 Å². The number of hydrogen-bond acceptors (Lipinski definition) is 0. The zero-order chi connectivity index (χ0) is 22.8. The molecule has 2 nitrogen and oxygen atoms in total. The Bertz CT molecular complexity index is 1340. The van der Waals surface area contributed by atoms with Crippen molar-refractivity contribution in [2.75, 3.05) is 0 Å². The smallest absolute Gasteiger partial charge is 0.353 e. The van der Waals surface area contributed by atoms with Crippen LogP contribution in [0.1, 0.15) is 22.9 Å². The monoisotopic (exact) mass is 436 g/mol. The Morgan fingerprint density at radius 2 is 1.09 bits per heavy atom. The van der Waals surface area contributed by atoms with Crippen molar-refractivity contribution in [2.24, 2.45) is 7.05 Å². The SMILES string of the molecule is Cn1ccc(-c2ccccc2)c1C(c1ccccc1)c1c(-c2ccccc2)ccn1B(F)F. The Kier molecular flexibility index (Phi) is 5.70. The van der Waals surface area contributed by atoms with E-state index in [1.54, 1.807) is 6.07 Å². The molecule has 0 aliphatic carbocycles. The maximum absolute atomic E-state index is 14.4. The summed E-state index contributed by atoms with van der Waals surface area (Å²) in [5.74, 6) is -0.388. The van der Waals surface area contributed by atoms with Gasteiger partial charge in [-0.3, -0.25) is 8.63 Å². The Morgan fingerprint density at radius 3 is 1.64 bits per heavy atom. The molecule has 3 aromatic carbocycles. The highest BCUT2D eigenvalue weighted by molar-refractivity contribution is 6.41. The molecule has 0 saturated heterocycles. The maximum atomic E-state index is 14.4. The molecule has 0 saturated carbocycles. The summed E-state index contributed by atoms with van der Waals surface area (Å²) in [6, 6.07) is 33.7. The second kappa shape index (κ2) is 8.95. The molecule has 0 N–H and O–H groups in total. The number of aromatic nitrogens is 2. The molecule has 0 amide bonds. The fourth-order valence-electron chi connectivity index (χ4n) is 4.65. The Morgan fingerprint density at radius 1 is 0.606 bits per heavy atom. The van der Waals surface area contributed by atoms with Crippen molar-refractivity contribution >= 4 is 7.40 Å². The lowest BCUT2D eigenvalue weighted by atomic mass is 9.85. The molecule has 0 aliphatic heterocycles. The van der Waals surface area contributed by atoms with Crippen LogP contribution in [0.2, 0.25) is 0 Å². The molecule has 0 aliphatic rings. The van der Waals surface area contributed by atoms with Crippen LogP contribution in [0.4, 0.5) is 8.63 Å². The predicted octanol–water partition coefficient (Wildman–Crippen LogP) is 7.11. The summed E-state index contributed by atoms with van der Waals surface area (Å²) >= 11 is 0. The highest BCUT2D eigenvalue weighted by Crippen LogP contribution is 2.42. The highest BCUT2D eigenvalue weighted by atomic mass is 19.2. The number of nitrogens with zero attached hydrogens (tertiary/aromatic N) is 2. The van der Waals surface area contributed by atoms with Crippen LogP contribution in [0.5, 0.6) is 0 Å². The number of hydrogen-bond donors (Lipinski definition) is 0. The Balaban J connectivity index is 1.82. The van der Waals surface area contributed by atoms with E-state index in [1.165, 1.54) is 6.20 Å². The van der Waals surface area contributed by atoms with Crippen LogP contribution in [-0.4, -0.2) is 16.4 Å². The topological polar surface area (TPSA) is 9.86 Å². The molecule has 0 fully saturated rings. The molecule has 33 heavy (non-hydrogen) atoms. The van der Waals surface area contributed by atoms with Crippen LogP contribution in [0, 0.1) is 0 Å². The molecular formula is C28H23BF2N2. The van der Waals surface area contributed by atoms with Gasteiger partial charge in [-0.25, -0.2) is 0 Å². The lowest BCUT2D eigenvalue weighted by Crippen LogP contribution is -2.21. The summed E-state index contributed by atoms with van der Waals surface area (Å²) in [5.41, 5.74) is 6.35. The first kappa shape index (κ1) is 21.0. The quantitative estimate of drug-likeness (QED) is 0.251. The van der Waals surface area contributed by atoms with E-state index in [2.05, 4.69) is 22.8 Å². The molecule has 5 aromatic rings. The van der Waals surface area contributed by atoms with Crippen LogP contribution in [0.15, 0.2) is 116 Å². The molecule has 2 heterocycles. The molecule has 1 atom stereocenters. The standard InChI is InChI=1S/C28H23BF2N2/c1-32-19-17-24(21-11-5-2-6-12-21)27(32)26(23-15-9-4-10-16-23)28-25(18-20-33(28)29(30)31)22-13-7-3-8-14-22/h2-20,26H,1H3. The highest BCUT2D eigenvalue weighted by Gasteiger charge is 2.32. The second-order valence-corrected chi connectivity index (χ2v) is 8.10. The summed E-state index contributed by atoms with van der Waals surface area (Å²) < 4.78 is 31.9. The third-order valence-corrected chi connectivity index (χ3v) is 6.14. The van der Waals surface area contributed by atoms with Crippen LogP contribution in [0.3, 0.4) is 0 Å². The van der Waals surface area contributed by atoms with Crippen molar-refractivity contribution in [3.05, 3.63) is 132 Å². The summed E-state index contributed by atoms with van der Waals surface area (Å²) in [4.78, 5) is 0. The minimum Gasteiger partial charge on any atom is -0.353 e. The van der Waals surface area contributed by atoms with Crippen molar-refractivity contribution in [3.63, 3.8) is 0 Å². The number of benzene rings is 3. The van der Waals surface area contributed by atoms with Crippen LogP contribution in [-0.2, 0) is 7.05 Å². The first-order chi connectivity index (χ1) is 16.1. The summed E-state index contributed by atoms with van der Waals surface area (Å²) in [7, 11) is -0.667. The van der Waals surface area contributed by atoms with Gasteiger partial charge < -0.3 is 9.05 Å². The van der Waals surface area contributed by atoms with Gasteiger partial charge in [0.05, 0.1) is 5.92 Å². The average molecular weight is 436 g/mol. The normalized spacial score (nSPS) is 12.0. The van der Waals surface area contributed by atoms with E-state index in [1.807, 2.05) is 92.1 Å². The largest absolute Gasteiger partial charge is 0.677 e. The third-order valence-electron chi connectivity index (χ3n) is 6.14. The van der Waals surface area contributed by atoms with E-state index in [0.29, 0.717) is 5.69 Å². The van der Waals surface area contributed by atoms with E-state index in [4.69, 9.17) is 0 Å². The van der Waals surface area contributed by atoms with Gasteiger partial charge in [0, 0.05) is 35.8 Å². The van der Waals surface area contributed by atoms with Crippen LogP contribution < -0.4 is 0 Å². The van der Waals surface area contributed by atoms with Crippen molar-refractivity contribution in [1.29, 1.82) is 0 Å². The van der Waals surface area contributed by atoms with Gasteiger partial charge in [-0.05, 0) is 35.0 Å². The first-order valence-corrected chi connectivity index (χ1v) is 10.9. The zero-order valence-corrected chi connectivity index (χ0v) is 18.3. The molecule has 0 radical (unpaired) electrons. The lowest BCUT2D eigenvalue weighted by Gasteiger charge is -2.24. The van der Waals surface area contributed by atoms with Crippen LogP contribution >= 0.6 is 0 Å². The summed E-state index contributed by atoms with van der Waals surface area (Å²) in [6.07, 6.45) is 3.51. The number of halogens is 2. The van der Waals surface area contributed by atoms with E-state index in [9.17, 15) is 8.63 Å². The minimum atomic E-state index is -2.65. The van der Waals surface area contributed by atoms with Gasteiger partial charge in [-0.15, -0.1) is 0 Å². The third kappa shape index (κ3) is 3.91. The van der Waals surface area contributed by atoms with Gasteiger partial charge in [0.25, 0.3) is 0 Å². The molecule has 5 heteroatoms. The van der Waals surface area contributed by atoms with Crippen molar-refractivity contribution in [1.82, 2.24) is 9.05 Å². The van der Waals surface area contributed by atoms with Gasteiger partial charge in [0.1, 0.15) is 0 Å². The average Bonchev–Trinajstić information content (AvgIpc) is 3.46. The van der Waals surface area contributed by atoms with Gasteiger partial charge in [-0.1, -0.05) is 91.0 Å². The molecule has 2 aromatic heterocycles. The van der Waals surface area contributed by atoms with Gasteiger partial charge >= 0.3 is 7.40 Å². The molecular weight excluding hydrogens is 413 g/mol. The molecule has 0 bridgehead atoms. The number of aryl methyl sites for hydroxylation is 1. The Hall–Kier alpha value is -3.86. The predicted molar refractivity (Wildman–Crippen MR) is 131 cm³/mol. The van der Waals surface area contributed by atoms with E-state index < -0.39 is 7.40 Å². The maximum Gasteiger partial charge on any atom is 0.677 e. The van der Waals surface area contributed by atoms with Gasteiger partial charge in [0.15, 0.2) is 0 Å². The van der Waals surface area contributed by atoms with E-state index in [-0.39, 0.29) is 5.92 Å². The Labute approximate surface area is 193 Å².